The number of para-hydroxylation sites is 1. The summed E-state index contributed by atoms with van der Waals surface area (Å²) in [5.41, 5.74) is 2.82. The lowest BCUT2D eigenvalue weighted by molar-refractivity contribution is -0.759. The van der Waals surface area contributed by atoms with Gasteiger partial charge >= 0.3 is 11.3 Å². The molecule has 3 aromatic rings. The SMILES string of the molecule is CCCCCCCSc1n[n+]2c(c(=O)[nH]1)-c1ccccc1N[C@H]2c1ccc(O)c(OC)c1. The minimum absolute atomic E-state index is 0.0656. The summed E-state index contributed by atoms with van der Waals surface area (Å²) < 4.78 is 7.04. The van der Waals surface area contributed by atoms with Gasteiger partial charge in [0, 0.05) is 16.4 Å². The Bertz CT molecular complexity index is 1150. The van der Waals surface area contributed by atoms with Crippen LogP contribution < -0.4 is 20.3 Å². The fourth-order valence-corrected chi connectivity index (χ4v) is 4.77. The van der Waals surface area contributed by atoms with Crippen LogP contribution in [0.2, 0.25) is 0 Å². The summed E-state index contributed by atoms with van der Waals surface area (Å²) in [6.45, 7) is 2.21. The van der Waals surface area contributed by atoms with Gasteiger partial charge in [-0.3, -0.25) is 9.78 Å². The number of rotatable bonds is 9. The zero-order valence-corrected chi connectivity index (χ0v) is 19.2. The molecule has 0 saturated heterocycles. The molecular weight excluding hydrogens is 424 g/mol. The Balaban J connectivity index is 1.69. The molecule has 4 rings (SSSR count). The molecule has 2 aromatic carbocycles. The van der Waals surface area contributed by atoms with Crippen molar-refractivity contribution in [3.63, 3.8) is 0 Å². The molecule has 32 heavy (non-hydrogen) atoms. The molecule has 3 N–H and O–H groups in total. The van der Waals surface area contributed by atoms with E-state index < -0.39 is 6.17 Å². The van der Waals surface area contributed by atoms with E-state index >= 15 is 0 Å². The number of thioether (sulfide) groups is 1. The summed E-state index contributed by atoms with van der Waals surface area (Å²) >= 11 is 1.57. The number of phenolic OH excluding ortho intramolecular Hbond substituents is 1. The topological polar surface area (TPSA) is 91.1 Å². The number of unbranched alkanes of at least 4 members (excludes halogenated alkanes) is 4. The van der Waals surface area contributed by atoms with Crippen molar-refractivity contribution in [1.82, 2.24) is 10.1 Å². The summed E-state index contributed by atoms with van der Waals surface area (Å²) in [5.74, 6) is 1.35. The highest BCUT2D eigenvalue weighted by molar-refractivity contribution is 7.99. The Morgan fingerprint density at radius 1 is 1.16 bits per heavy atom. The molecule has 0 amide bonds. The number of anilines is 1. The van der Waals surface area contributed by atoms with E-state index in [4.69, 9.17) is 9.84 Å². The maximum Gasteiger partial charge on any atom is 0.325 e. The van der Waals surface area contributed by atoms with Gasteiger partial charge in [-0.1, -0.05) is 56.5 Å². The number of methoxy groups -OCH3 is 1. The number of aromatic amines is 1. The van der Waals surface area contributed by atoms with Gasteiger partial charge in [-0.25, -0.2) is 0 Å². The van der Waals surface area contributed by atoms with E-state index in [0.29, 0.717) is 16.6 Å². The number of phenols is 1. The third kappa shape index (κ3) is 4.60. The van der Waals surface area contributed by atoms with Gasteiger partial charge in [-0.05, 0) is 41.4 Å². The molecule has 0 spiro atoms. The van der Waals surface area contributed by atoms with Gasteiger partial charge in [0.2, 0.25) is 5.16 Å². The summed E-state index contributed by atoms with van der Waals surface area (Å²) in [5, 5.41) is 18.9. The predicted molar refractivity (Wildman–Crippen MR) is 126 cm³/mol. The van der Waals surface area contributed by atoms with Crippen molar-refractivity contribution >= 4 is 17.4 Å². The van der Waals surface area contributed by atoms with Crippen LogP contribution in [0.1, 0.15) is 50.8 Å². The Morgan fingerprint density at radius 2 is 1.97 bits per heavy atom. The average Bonchev–Trinajstić information content (AvgIpc) is 2.81. The second-order valence-electron chi connectivity index (χ2n) is 7.84. The number of ether oxygens (including phenoxy) is 1. The summed E-state index contributed by atoms with van der Waals surface area (Å²) in [7, 11) is 1.52. The van der Waals surface area contributed by atoms with Gasteiger partial charge in [-0.15, -0.1) is 0 Å². The van der Waals surface area contributed by atoms with Crippen molar-refractivity contribution in [2.24, 2.45) is 0 Å². The number of nitrogens with zero attached hydrogens (tertiary/aromatic N) is 2. The lowest BCUT2D eigenvalue weighted by Gasteiger charge is -2.22. The van der Waals surface area contributed by atoms with Crippen LogP contribution in [-0.2, 0) is 0 Å². The number of nitrogens with one attached hydrogen (secondary N) is 2. The molecule has 0 unspecified atom stereocenters. The molecule has 8 heteroatoms. The van der Waals surface area contributed by atoms with E-state index in [1.54, 1.807) is 28.6 Å². The Morgan fingerprint density at radius 3 is 2.78 bits per heavy atom. The van der Waals surface area contributed by atoms with E-state index in [1.165, 1.54) is 32.8 Å². The Kier molecular flexibility index (Phi) is 6.99. The predicted octanol–water partition coefficient (Wildman–Crippen LogP) is 4.47. The normalized spacial score (nSPS) is 14.4. The van der Waals surface area contributed by atoms with E-state index in [-0.39, 0.29) is 11.3 Å². The molecule has 7 nitrogen and oxygen atoms in total. The van der Waals surface area contributed by atoms with Crippen LogP contribution in [0.25, 0.3) is 11.3 Å². The molecule has 0 bridgehead atoms. The van der Waals surface area contributed by atoms with Gasteiger partial charge < -0.3 is 15.2 Å². The molecule has 2 heterocycles. The number of aromatic hydroxyl groups is 1. The smallest absolute Gasteiger partial charge is 0.325 e. The summed E-state index contributed by atoms with van der Waals surface area (Å²) in [6.07, 6.45) is 5.59. The second-order valence-corrected chi connectivity index (χ2v) is 8.92. The summed E-state index contributed by atoms with van der Waals surface area (Å²) in [6, 6.07) is 12.9. The molecule has 168 valence electrons. The average molecular weight is 454 g/mol. The van der Waals surface area contributed by atoms with Crippen LogP contribution in [0, 0.1) is 0 Å². The minimum Gasteiger partial charge on any atom is -0.504 e. The molecule has 0 radical (unpaired) electrons. The highest BCUT2D eigenvalue weighted by Crippen LogP contribution is 2.34. The van der Waals surface area contributed by atoms with Crippen LogP contribution in [-0.4, -0.2) is 28.1 Å². The van der Waals surface area contributed by atoms with E-state index in [0.717, 1.165) is 29.0 Å². The lowest BCUT2D eigenvalue weighted by atomic mass is 10.0. The van der Waals surface area contributed by atoms with Gasteiger partial charge in [0.05, 0.1) is 18.4 Å². The van der Waals surface area contributed by atoms with E-state index in [2.05, 4.69) is 17.2 Å². The molecular formula is C24H29N4O3S+. The Hall–Kier alpha value is -3.00. The molecule has 0 aliphatic carbocycles. The zero-order valence-electron chi connectivity index (χ0n) is 18.4. The molecule has 0 saturated carbocycles. The van der Waals surface area contributed by atoms with Crippen molar-refractivity contribution in [3.05, 3.63) is 58.4 Å². The monoisotopic (exact) mass is 453 g/mol. The minimum atomic E-state index is -0.416. The van der Waals surface area contributed by atoms with Gasteiger partial charge in [0.25, 0.3) is 6.17 Å². The van der Waals surface area contributed by atoms with Crippen molar-refractivity contribution in [2.45, 2.75) is 50.4 Å². The quantitative estimate of drug-likeness (QED) is 0.252. The van der Waals surface area contributed by atoms with Crippen LogP contribution in [0.5, 0.6) is 11.5 Å². The Labute approximate surface area is 191 Å². The third-order valence-electron chi connectivity index (χ3n) is 5.59. The van der Waals surface area contributed by atoms with E-state index in [9.17, 15) is 9.90 Å². The zero-order chi connectivity index (χ0) is 22.5. The molecule has 0 fully saturated rings. The standard InChI is InChI=1S/C24H28N4O3S/c1-3-4-5-6-9-14-32-24-26-23(30)21-17-10-7-8-11-18(17)25-22(28(21)27-24)16-12-13-19(29)20(15-16)31-2/h7-8,10-13,15,22H,3-6,9,14H2,1-2H3,(H2,26,27,29,30)/p+1/t22-/m1/s1. The number of benzene rings is 2. The highest BCUT2D eigenvalue weighted by Gasteiger charge is 2.37. The second kappa shape index (κ2) is 10.1. The van der Waals surface area contributed by atoms with Crippen LogP contribution in [0.15, 0.2) is 52.4 Å². The van der Waals surface area contributed by atoms with Crippen molar-refractivity contribution in [1.29, 1.82) is 0 Å². The van der Waals surface area contributed by atoms with Crippen LogP contribution in [0.3, 0.4) is 0 Å². The number of aromatic nitrogens is 3. The van der Waals surface area contributed by atoms with E-state index in [1.807, 2.05) is 30.3 Å². The highest BCUT2D eigenvalue weighted by atomic mass is 32.2. The van der Waals surface area contributed by atoms with Crippen LogP contribution in [0.4, 0.5) is 5.69 Å². The summed E-state index contributed by atoms with van der Waals surface area (Å²) in [4.78, 5) is 16.1. The first-order valence-electron chi connectivity index (χ1n) is 11.0. The number of hydrogen-bond acceptors (Lipinski definition) is 6. The largest absolute Gasteiger partial charge is 0.504 e. The molecule has 1 aliphatic rings. The van der Waals surface area contributed by atoms with Gasteiger partial charge in [-0.2, -0.15) is 0 Å². The number of H-pyrrole nitrogens is 1. The maximum absolute atomic E-state index is 13.2. The lowest BCUT2D eigenvalue weighted by Crippen LogP contribution is -2.55. The molecule has 1 atom stereocenters. The molecule has 1 aromatic heterocycles. The number of hydrogen-bond donors (Lipinski definition) is 3. The van der Waals surface area contributed by atoms with Crippen LogP contribution >= 0.6 is 11.8 Å². The first kappa shape index (κ1) is 22.2. The fourth-order valence-electron chi connectivity index (χ4n) is 3.92. The number of fused-ring (bicyclic) bond motifs is 3. The molecule has 1 aliphatic heterocycles. The maximum atomic E-state index is 13.2. The van der Waals surface area contributed by atoms with Gasteiger partial charge in [0.1, 0.15) is 0 Å². The first-order valence-corrected chi connectivity index (χ1v) is 12.0. The van der Waals surface area contributed by atoms with Crippen molar-refractivity contribution in [2.75, 3.05) is 18.2 Å². The van der Waals surface area contributed by atoms with Crippen molar-refractivity contribution in [3.8, 4) is 22.8 Å². The third-order valence-corrected chi connectivity index (χ3v) is 6.54. The first-order chi connectivity index (χ1) is 15.6. The van der Waals surface area contributed by atoms with Gasteiger partial charge in [0.15, 0.2) is 11.5 Å². The van der Waals surface area contributed by atoms with Crippen molar-refractivity contribution < 1.29 is 14.5 Å². The fraction of sp³-hybridized carbons (Fsp3) is 0.375.